The van der Waals surface area contributed by atoms with Gasteiger partial charge >= 0.3 is 0 Å². The normalized spacial score (nSPS) is 12.2. The van der Waals surface area contributed by atoms with Crippen LogP contribution in [0.1, 0.15) is 35.3 Å². The van der Waals surface area contributed by atoms with Gasteiger partial charge in [0, 0.05) is 55.9 Å². The number of nitrogens with zero attached hydrogens (tertiary/aromatic N) is 3. The first kappa shape index (κ1) is 23.9. The molecule has 194 valence electrons. The SMILES string of the molecule is CCn1c2ccc(C(=O)c3ccc(-n4c5ccccc5c5ccccc54)cc3)cc2c2cc(C(C)=NO)ccc21. The second-order valence-corrected chi connectivity index (χ2v) is 10.1. The lowest BCUT2D eigenvalue weighted by atomic mass is 10.00. The van der Waals surface area contributed by atoms with Crippen LogP contribution in [0.15, 0.2) is 114 Å². The Balaban J connectivity index is 1.31. The van der Waals surface area contributed by atoms with Gasteiger partial charge in [-0.25, -0.2) is 0 Å². The minimum Gasteiger partial charge on any atom is -0.411 e. The van der Waals surface area contributed by atoms with Crippen LogP contribution in [0.25, 0.3) is 49.3 Å². The minimum absolute atomic E-state index is 0.0164. The first-order valence-electron chi connectivity index (χ1n) is 13.5. The third-order valence-electron chi connectivity index (χ3n) is 7.98. The van der Waals surface area contributed by atoms with Crippen molar-refractivity contribution >= 4 is 55.1 Å². The van der Waals surface area contributed by atoms with Gasteiger partial charge in [0.05, 0.1) is 16.7 Å². The third-order valence-corrected chi connectivity index (χ3v) is 7.98. The quantitative estimate of drug-likeness (QED) is 0.107. The molecule has 7 aromatic rings. The number of oxime groups is 1. The van der Waals surface area contributed by atoms with E-state index in [9.17, 15) is 10.0 Å². The van der Waals surface area contributed by atoms with E-state index in [1.54, 1.807) is 6.92 Å². The van der Waals surface area contributed by atoms with Crippen LogP contribution in [0.4, 0.5) is 0 Å². The van der Waals surface area contributed by atoms with E-state index in [4.69, 9.17) is 0 Å². The first-order chi connectivity index (χ1) is 19.6. The number of ketones is 1. The molecule has 2 aromatic heterocycles. The molecule has 0 bridgehead atoms. The van der Waals surface area contributed by atoms with E-state index in [2.05, 4.69) is 75.8 Å². The van der Waals surface area contributed by atoms with E-state index in [1.165, 1.54) is 10.8 Å². The fourth-order valence-electron chi connectivity index (χ4n) is 6.00. The standard InChI is InChI=1S/C35H27N3O2/c1-3-37-31-18-14-24(22(2)36-40)20-29(31)30-21-25(15-19-32(30)37)35(39)23-12-16-26(17-13-23)38-33-10-6-4-8-27(33)28-9-5-7-11-34(28)38/h4-21,40H,3H2,1-2H3. The summed E-state index contributed by atoms with van der Waals surface area (Å²) in [6.07, 6.45) is 0. The monoisotopic (exact) mass is 521 g/mol. The van der Waals surface area contributed by atoms with E-state index < -0.39 is 0 Å². The molecule has 0 amide bonds. The molecular formula is C35H27N3O2. The summed E-state index contributed by atoms with van der Waals surface area (Å²) in [5, 5.41) is 17.1. The number of para-hydroxylation sites is 2. The summed E-state index contributed by atoms with van der Waals surface area (Å²) in [7, 11) is 0. The van der Waals surface area contributed by atoms with Crippen molar-refractivity contribution in [3.63, 3.8) is 0 Å². The van der Waals surface area contributed by atoms with Crippen molar-refractivity contribution in [2.75, 3.05) is 0 Å². The van der Waals surface area contributed by atoms with Gasteiger partial charge in [-0.05, 0) is 86.1 Å². The predicted octanol–water partition coefficient (Wildman–Crippen LogP) is 8.34. The molecule has 5 nitrogen and oxygen atoms in total. The van der Waals surface area contributed by atoms with Gasteiger partial charge in [-0.3, -0.25) is 4.79 Å². The molecule has 2 heterocycles. The molecule has 5 aromatic carbocycles. The van der Waals surface area contributed by atoms with E-state index in [0.717, 1.165) is 50.6 Å². The van der Waals surface area contributed by atoms with Crippen molar-refractivity contribution < 1.29 is 10.0 Å². The van der Waals surface area contributed by atoms with Crippen molar-refractivity contribution in [2.45, 2.75) is 20.4 Å². The third kappa shape index (κ3) is 3.55. The summed E-state index contributed by atoms with van der Waals surface area (Å²) in [6, 6.07) is 36.7. The second-order valence-electron chi connectivity index (χ2n) is 10.1. The van der Waals surface area contributed by atoms with Gasteiger partial charge in [0.25, 0.3) is 0 Å². The Morgan fingerprint density at radius 1 is 0.650 bits per heavy atom. The molecule has 0 aliphatic heterocycles. The van der Waals surface area contributed by atoms with Crippen molar-refractivity contribution in [1.29, 1.82) is 0 Å². The number of aryl methyl sites for hydroxylation is 1. The lowest BCUT2D eigenvalue weighted by Gasteiger charge is -2.09. The smallest absolute Gasteiger partial charge is 0.193 e. The van der Waals surface area contributed by atoms with Crippen molar-refractivity contribution in [3.05, 3.63) is 126 Å². The average Bonchev–Trinajstić information content (AvgIpc) is 3.52. The van der Waals surface area contributed by atoms with Crippen LogP contribution in [0.5, 0.6) is 0 Å². The van der Waals surface area contributed by atoms with Crippen LogP contribution >= 0.6 is 0 Å². The number of fused-ring (bicyclic) bond motifs is 6. The van der Waals surface area contributed by atoms with Crippen molar-refractivity contribution in [3.8, 4) is 5.69 Å². The highest BCUT2D eigenvalue weighted by atomic mass is 16.4. The zero-order valence-corrected chi connectivity index (χ0v) is 22.3. The number of benzene rings is 5. The van der Waals surface area contributed by atoms with Gasteiger partial charge in [-0.2, -0.15) is 0 Å². The fraction of sp³-hybridized carbons (Fsp3) is 0.0857. The lowest BCUT2D eigenvalue weighted by Crippen LogP contribution is -2.02. The van der Waals surface area contributed by atoms with Crippen LogP contribution in [0.3, 0.4) is 0 Å². The van der Waals surface area contributed by atoms with Crippen LogP contribution in [-0.2, 0) is 6.54 Å². The summed E-state index contributed by atoms with van der Waals surface area (Å²) in [4.78, 5) is 13.7. The Kier molecular flexibility index (Phi) is 5.53. The maximum atomic E-state index is 13.7. The minimum atomic E-state index is -0.0164. The highest BCUT2D eigenvalue weighted by Crippen LogP contribution is 2.33. The maximum absolute atomic E-state index is 13.7. The van der Waals surface area contributed by atoms with Gasteiger partial charge in [0.2, 0.25) is 0 Å². The molecule has 0 aliphatic rings. The Bertz CT molecular complexity index is 2080. The van der Waals surface area contributed by atoms with Gasteiger partial charge < -0.3 is 14.3 Å². The summed E-state index contributed by atoms with van der Waals surface area (Å²) in [5.41, 5.74) is 8.15. The molecule has 0 atom stereocenters. The fourth-order valence-corrected chi connectivity index (χ4v) is 6.00. The molecule has 0 aliphatic carbocycles. The van der Waals surface area contributed by atoms with Gasteiger partial charge in [0.15, 0.2) is 5.78 Å². The number of rotatable bonds is 5. The van der Waals surface area contributed by atoms with Crippen LogP contribution in [0, 0.1) is 0 Å². The van der Waals surface area contributed by atoms with E-state index >= 15 is 0 Å². The topological polar surface area (TPSA) is 59.5 Å². The molecule has 0 saturated heterocycles. The molecular weight excluding hydrogens is 494 g/mol. The number of carbonyl (C=O) groups is 1. The molecule has 5 heteroatoms. The zero-order valence-electron chi connectivity index (χ0n) is 22.3. The Hall–Kier alpha value is -5.16. The maximum Gasteiger partial charge on any atom is 0.193 e. The summed E-state index contributed by atoms with van der Waals surface area (Å²) in [6.45, 7) is 4.70. The van der Waals surface area contributed by atoms with Gasteiger partial charge in [-0.15, -0.1) is 0 Å². The molecule has 0 unspecified atom stereocenters. The molecule has 0 saturated carbocycles. The zero-order chi connectivity index (χ0) is 27.4. The number of hydrogen-bond acceptors (Lipinski definition) is 3. The van der Waals surface area contributed by atoms with Crippen LogP contribution in [-0.4, -0.2) is 25.8 Å². The Labute approximate surface area is 231 Å². The second kappa shape index (κ2) is 9.24. The highest BCUT2D eigenvalue weighted by molar-refractivity contribution is 6.16. The molecule has 0 spiro atoms. The molecule has 0 radical (unpaired) electrons. The first-order valence-corrected chi connectivity index (χ1v) is 13.5. The summed E-state index contributed by atoms with van der Waals surface area (Å²) in [5.74, 6) is -0.0164. The van der Waals surface area contributed by atoms with E-state index in [-0.39, 0.29) is 5.78 Å². The summed E-state index contributed by atoms with van der Waals surface area (Å²) < 4.78 is 4.49. The van der Waals surface area contributed by atoms with E-state index in [0.29, 0.717) is 16.8 Å². The average molecular weight is 522 g/mol. The predicted molar refractivity (Wildman–Crippen MR) is 163 cm³/mol. The highest BCUT2D eigenvalue weighted by Gasteiger charge is 2.16. The van der Waals surface area contributed by atoms with Gasteiger partial charge in [-0.1, -0.05) is 47.6 Å². The number of carbonyl (C=O) groups excluding carboxylic acids is 1. The van der Waals surface area contributed by atoms with Gasteiger partial charge in [0.1, 0.15) is 0 Å². The lowest BCUT2D eigenvalue weighted by molar-refractivity contribution is 0.103. The largest absolute Gasteiger partial charge is 0.411 e. The molecule has 0 fully saturated rings. The van der Waals surface area contributed by atoms with Crippen LogP contribution < -0.4 is 0 Å². The molecule has 1 N–H and O–H groups in total. The molecule has 40 heavy (non-hydrogen) atoms. The summed E-state index contributed by atoms with van der Waals surface area (Å²) >= 11 is 0. The van der Waals surface area contributed by atoms with Crippen molar-refractivity contribution in [2.24, 2.45) is 5.16 Å². The number of hydrogen-bond donors (Lipinski definition) is 1. The van der Waals surface area contributed by atoms with Crippen LogP contribution in [0.2, 0.25) is 0 Å². The molecule has 7 rings (SSSR count). The number of aromatic nitrogens is 2. The Morgan fingerprint density at radius 2 is 1.18 bits per heavy atom. The Morgan fingerprint density at radius 3 is 1.75 bits per heavy atom. The van der Waals surface area contributed by atoms with Crippen molar-refractivity contribution in [1.82, 2.24) is 9.13 Å². The van der Waals surface area contributed by atoms with E-state index in [1.807, 2.05) is 54.6 Å².